The van der Waals surface area contributed by atoms with E-state index in [9.17, 15) is 4.79 Å². The number of benzene rings is 1. The molecule has 1 aromatic rings. The van der Waals surface area contributed by atoms with Crippen LogP contribution in [0.4, 0.5) is 0 Å². The second kappa shape index (κ2) is 7.64. The Bertz CT molecular complexity index is 392. The Morgan fingerprint density at radius 1 is 1.35 bits per heavy atom. The largest absolute Gasteiger partial charge is 0.351 e. The second-order valence-electron chi connectivity index (χ2n) is 3.35. The lowest BCUT2D eigenvalue weighted by Gasteiger charge is -2.04. The smallest absolute Gasteiger partial charge is 0.221 e. The molecule has 5 heteroatoms. The van der Waals surface area contributed by atoms with Crippen LogP contribution in [0.2, 0.25) is 5.02 Å². The number of thioether (sulfide) groups is 1. The Morgan fingerprint density at radius 2 is 2.00 bits per heavy atom. The molecule has 2 nitrogen and oxygen atoms in total. The molecular weight excluding hydrogens is 277 g/mol. The van der Waals surface area contributed by atoms with Crippen molar-refractivity contribution in [1.82, 2.24) is 5.32 Å². The van der Waals surface area contributed by atoms with Gasteiger partial charge in [-0.1, -0.05) is 29.8 Å². The molecule has 0 saturated heterocycles. The zero-order chi connectivity index (χ0) is 12.7. The van der Waals surface area contributed by atoms with Crippen LogP contribution in [-0.4, -0.2) is 18.2 Å². The lowest BCUT2D eigenvalue weighted by Crippen LogP contribution is -2.24. The van der Waals surface area contributed by atoms with Crippen LogP contribution in [0.1, 0.15) is 6.42 Å². The maximum atomic E-state index is 11.3. The zero-order valence-electron chi connectivity index (χ0n) is 9.21. The number of rotatable bonds is 6. The summed E-state index contributed by atoms with van der Waals surface area (Å²) in [6, 6.07) is 7.54. The van der Waals surface area contributed by atoms with E-state index in [0.717, 1.165) is 10.6 Å². The molecule has 1 aromatic carbocycles. The number of hydrogen-bond donors (Lipinski definition) is 1. The van der Waals surface area contributed by atoms with E-state index in [1.807, 2.05) is 24.3 Å². The lowest BCUT2D eigenvalue weighted by atomic mass is 10.4. The molecule has 1 rings (SSSR count). The van der Waals surface area contributed by atoms with Crippen LogP contribution in [-0.2, 0) is 4.79 Å². The van der Waals surface area contributed by atoms with Gasteiger partial charge in [0.05, 0.1) is 6.54 Å². The van der Waals surface area contributed by atoms with Crippen molar-refractivity contribution in [2.24, 2.45) is 0 Å². The van der Waals surface area contributed by atoms with Crippen molar-refractivity contribution < 1.29 is 4.79 Å². The van der Waals surface area contributed by atoms with E-state index in [2.05, 4.69) is 11.9 Å². The van der Waals surface area contributed by atoms with Crippen LogP contribution < -0.4 is 5.32 Å². The molecule has 92 valence electrons. The predicted molar refractivity (Wildman–Crippen MR) is 74.8 cm³/mol. The van der Waals surface area contributed by atoms with Gasteiger partial charge in [-0.2, -0.15) is 0 Å². The first-order valence-corrected chi connectivity index (χ1v) is 6.80. The molecule has 0 heterocycles. The topological polar surface area (TPSA) is 29.1 Å². The molecule has 0 unspecified atom stereocenters. The van der Waals surface area contributed by atoms with Gasteiger partial charge in [0.15, 0.2) is 0 Å². The quantitative estimate of drug-likeness (QED) is 0.810. The minimum Gasteiger partial charge on any atom is -0.351 e. The van der Waals surface area contributed by atoms with Crippen molar-refractivity contribution in [2.75, 3.05) is 12.3 Å². The summed E-state index contributed by atoms with van der Waals surface area (Å²) in [5.41, 5.74) is 0. The Morgan fingerprint density at radius 3 is 2.59 bits per heavy atom. The fraction of sp³-hybridized carbons (Fsp3) is 0.250. The Balaban J connectivity index is 2.21. The van der Waals surface area contributed by atoms with Crippen molar-refractivity contribution in [1.29, 1.82) is 0 Å². The van der Waals surface area contributed by atoms with Crippen molar-refractivity contribution in [3.05, 3.63) is 40.9 Å². The maximum Gasteiger partial charge on any atom is 0.221 e. The average molecular weight is 290 g/mol. The fourth-order valence-corrected chi connectivity index (χ4v) is 2.12. The summed E-state index contributed by atoms with van der Waals surface area (Å²) in [4.78, 5) is 12.4. The van der Waals surface area contributed by atoms with E-state index in [1.54, 1.807) is 11.8 Å². The number of amides is 1. The molecule has 0 radical (unpaired) electrons. The van der Waals surface area contributed by atoms with E-state index < -0.39 is 0 Å². The average Bonchev–Trinajstić information content (AvgIpc) is 2.29. The molecule has 0 aromatic heterocycles. The van der Waals surface area contributed by atoms with E-state index in [4.69, 9.17) is 23.2 Å². The van der Waals surface area contributed by atoms with E-state index >= 15 is 0 Å². The van der Waals surface area contributed by atoms with E-state index in [-0.39, 0.29) is 5.91 Å². The van der Waals surface area contributed by atoms with Gasteiger partial charge in [0.2, 0.25) is 5.91 Å². The molecule has 0 aliphatic carbocycles. The summed E-state index contributed by atoms with van der Waals surface area (Å²) >= 11 is 12.9. The summed E-state index contributed by atoms with van der Waals surface area (Å²) < 4.78 is 0. The van der Waals surface area contributed by atoms with Crippen LogP contribution in [0.5, 0.6) is 0 Å². The van der Waals surface area contributed by atoms with Gasteiger partial charge >= 0.3 is 0 Å². The van der Waals surface area contributed by atoms with Crippen molar-refractivity contribution >= 4 is 40.9 Å². The summed E-state index contributed by atoms with van der Waals surface area (Å²) in [6.07, 6.45) is 0.456. The highest BCUT2D eigenvalue weighted by Crippen LogP contribution is 2.20. The summed E-state index contributed by atoms with van der Waals surface area (Å²) in [6.45, 7) is 3.82. The van der Waals surface area contributed by atoms with Gasteiger partial charge in [0.1, 0.15) is 0 Å². The molecule has 1 amide bonds. The first kappa shape index (κ1) is 14.4. The Hall–Kier alpha value is -0.640. The highest BCUT2D eigenvalue weighted by Gasteiger charge is 2.01. The standard InChI is InChI=1S/C12H13Cl2NOS/c1-9(13)8-15-12(16)6-7-17-11-4-2-10(14)3-5-11/h2-5H,1,6-8H2,(H,15,16). The molecule has 0 aliphatic rings. The van der Waals surface area contributed by atoms with Crippen molar-refractivity contribution in [2.45, 2.75) is 11.3 Å². The van der Waals surface area contributed by atoms with Crippen LogP contribution in [0.3, 0.4) is 0 Å². The molecule has 0 fully saturated rings. The SMILES string of the molecule is C=C(Cl)CNC(=O)CCSc1ccc(Cl)cc1. The molecular formula is C12H13Cl2NOS. The van der Waals surface area contributed by atoms with Gasteiger partial charge in [-0.25, -0.2) is 0 Å². The molecule has 0 saturated carbocycles. The highest BCUT2D eigenvalue weighted by molar-refractivity contribution is 7.99. The fourth-order valence-electron chi connectivity index (χ4n) is 1.08. The Labute approximate surface area is 115 Å². The summed E-state index contributed by atoms with van der Waals surface area (Å²) in [5, 5.41) is 3.82. The number of carbonyl (C=O) groups excluding carboxylic acids is 1. The van der Waals surface area contributed by atoms with E-state index in [0.29, 0.717) is 23.0 Å². The monoisotopic (exact) mass is 289 g/mol. The Kier molecular flexibility index (Phi) is 6.48. The normalized spacial score (nSPS) is 10.0. The van der Waals surface area contributed by atoms with Gasteiger partial charge in [0, 0.05) is 27.1 Å². The van der Waals surface area contributed by atoms with E-state index in [1.165, 1.54) is 0 Å². The number of hydrogen-bond acceptors (Lipinski definition) is 2. The third-order valence-corrected chi connectivity index (χ3v) is 3.29. The van der Waals surface area contributed by atoms with Crippen LogP contribution >= 0.6 is 35.0 Å². The van der Waals surface area contributed by atoms with Crippen LogP contribution in [0.25, 0.3) is 0 Å². The zero-order valence-corrected chi connectivity index (χ0v) is 11.5. The molecule has 0 bridgehead atoms. The van der Waals surface area contributed by atoms with Crippen molar-refractivity contribution in [3.63, 3.8) is 0 Å². The van der Waals surface area contributed by atoms with Crippen LogP contribution in [0, 0.1) is 0 Å². The molecule has 1 N–H and O–H groups in total. The predicted octanol–water partition coefficient (Wildman–Crippen LogP) is 3.69. The lowest BCUT2D eigenvalue weighted by molar-refractivity contribution is -0.120. The van der Waals surface area contributed by atoms with Gasteiger partial charge in [-0.3, -0.25) is 4.79 Å². The highest BCUT2D eigenvalue weighted by atomic mass is 35.5. The van der Waals surface area contributed by atoms with Crippen molar-refractivity contribution in [3.8, 4) is 0 Å². The van der Waals surface area contributed by atoms with Gasteiger partial charge in [0.25, 0.3) is 0 Å². The third kappa shape index (κ3) is 6.61. The minimum atomic E-state index is -0.0201. The second-order valence-corrected chi connectivity index (χ2v) is 5.49. The van der Waals surface area contributed by atoms with Gasteiger partial charge in [-0.05, 0) is 24.3 Å². The first-order valence-electron chi connectivity index (χ1n) is 5.06. The molecule has 0 aliphatic heterocycles. The number of carbonyl (C=O) groups is 1. The van der Waals surface area contributed by atoms with Gasteiger partial charge < -0.3 is 5.32 Å². The van der Waals surface area contributed by atoms with Gasteiger partial charge in [-0.15, -0.1) is 11.8 Å². The number of halogens is 2. The molecule has 17 heavy (non-hydrogen) atoms. The number of nitrogens with one attached hydrogen (secondary N) is 1. The maximum absolute atomic E-state index is 11.3. The first-order chi connectivity index (χ1) is 8.08. The van der Waals surface area contributed by atoms with Crippen LogP contribution in [0.15, 0.2) is 40.8 Å². The third-order valence-electron chi connectivity index (χ3n) is 1.89. The molecule has 0 atom stereocenters. The molecule has 0 spiro atoms. The summed E-state index contributed by atoms with van der Waals surface area (Å²) in [7, 11) is 0. The minimum absolute atomic E-state index is 0.0201. The summed E-state index contributed by atoms with van der Waals surface area (Å²) in [5.74, 6) is 0.704.